The van der Waals surface area contributed by atoms with Gasteiger partial charge in [-0.05, 0) is 48.7 Å². The number of fused-ring (bicyclic) bond motifs is 1. The van der Waals surface area contributed by atoms with E-state index in [1.165, 1.54) is 6.07 Å². The Morgan fingerprint density at radius 3 is 2.63 bits per heavy atom. The summed E-state index contributed by atoms with van der Waals surface area (Å²) in [6.07, 6.45) is 1.84. The highest BCUT2D eigenvalue weighted by molar-refractivity contribution is 6.05. The standard InChI is InChI=1S/C20H16F2N4O/c21-15-8-7-14(12-16(15)22)23-19-10-9-17(24-25-19)20(27)26-11-3-5-13-4-1-2-6-18(13)26/h1-2,4,6-10,12H,3,5,11H2,(H,23,25). The third-order valence-corrected chi connectivity index (χ3v) is 4.43. The number of nitrogens with zero attached hydrogens (tertiary/aromatic N) is 3. The molecule has 0 unspecified atom stereocenters. The number of anilines is 3. The number of aromatic nitrogens is 2. The van der Waals surface area contributed by atoms with Crippen molar-refractivity contribution in [1.29, 1.82) is 0 Å². The van der Waals surface area contributed by atoms with Gasteiger partial charge >= 0.3 is 0 Å². The Morgan fingerprint density at radius 1 is 1.00 bits per heavy atom. The van der Waals surface area contributed by atoms with Gasteiger partial charge in [0.2, 0.25) is 0 Å². The van der Waals surface area contributed by atoms with Gasteiger partial charge in [-0.1, -0.05) is 18.2 Å². The Hall–Kier alpha value is -3.35. The summed E-state index contributed by atoms with van der Waals surface area (Å²) in [7, 11) is 0. The molecule has 5 nitrogen and oxygen atoms in total. The van der Waals surface area contributed by atoms with E-state index in [4.69, 9.17) is 0 Å². The summed E-state index contributed by atoms with van der Waals surface area (Å²) >= 11 is 0. The number of halogens is 2. The summed E-state index contributed by atoms with van der Waals surface area (Å²) in [5, 5.41) is 10.8. The van der Waals surface area contributed by atoms with Crippen molar-refractivity contribution < 1.29 is 13.6 Å². The smallest absolute Gasteiger partial charge is 0.278 e. The molecule has 0 aliphatic carbocycles. The van der Waals surface area contributed by atoms with E-state index in [1.54, 1.807) is 17.0 Å². The molecule has 1 aliphatic rings. The number of rotatable bonds is 3. The second-order valence-electron chi connectivity index (χ2n) is 6.25. The van der Waals surface area contributed by atoms with Crippen molar-refractivity contribution in [3.63, 3.8) is 0 Å². The van der Waals surface area contributed by atoms with Gasteiger partial charge < -0.3 is 10.2 Å². The van der Waals surface area contributed by atoms with Gasteiger partial charge in [0.15, 0.2) is 23.1 Å². The summed E-state index contributed by atoms with van der Waals surface area (Å²) in [6, 6.07) is 14.4. The average Bonchev–Trinajstić information content (AvgIpc) is 2.70. The topological polar surface area (TPSA) is 58.1 Å². The summed E-state index contributed by atoms with van der Waals surface area (Å²) in [4.78, 5) is 14.5. The molecule has 2 heterocycles. The highest BCUT2D eigenvalue weighted by atomic mass is 19.2. The van der Waals surface area contributed by atoms with Crippen molar-refractivity contribution in [3.8, 4) is 0 Å². The van der Waals surface area contributed by atoms with E-state index in [1.807, 2.05) is 24.3 Å². The lowest BCUT2D eigenvalue weighted by Gasteiger charge is -2.29. The van der Waals surface area contributed by atoms with Gasteiger partial charge in [-0.2, -0.15) is 0 Å². The van der Waals surface area contributed by atoms with E-state index in [2.05, 4.69) is 15.5 Å². The third kappa shape index (κ3) is 3.48. The maximum atomic E-state index is 13.3. The zero-order chi connectivity index (χ0) is 18.8. The Morgan fingerprint density at radius 2 is 1.85 bits per heavy atom. The molecule has 1 N–H and O–H groups in total. The lowest BCUT2D eigenvalue weighted by atomic mass is 10.0. The van der Waals surface area contributed by atoms with Crippen LogP contribution in [-0.2, 0) is 6.42 Å². The number of benzene rings is 2. The van der Waals surface area contributed by atoms with E-state index in [0.717, 1.165) is 36.2 Å². The zero-order valence-electron chi connectivity index (χ0n) is 14.3. The summed E-state index contributed by atoms with van der Waals surface area (Å²) < 4.78 is 26.3. The number of carbonyl (C=O) groups is 1. The van der Waals surface area contributed by atoms with Crippen LogP contribution in [0.5, 0.6) is 0 Å². The Bertz CT molecular complexity index is 992. The number of nitrogens with one attached hydrogen (secondary N) is 1. The molecule has 0 bridgehead atoms. The van der Waals surface area contributed by atoms with Crippen molar-refractivity contribution >= 4 is 23.1 Å². The minimum Gasteiger partial charge on any atom is -0.339 e. The first-order valence-electron chi connectivity index (χ1n) is 8.57. The van der Waals surface area contributed by atoms with Crippen molar-refractivity contribution in [2.45, 2.75) is 12.8 Å². The van der Waals surface area contributed by atoms with E-state index in [-0.39, 0.29) is 11.6 Å². The van der Waals surface area contributed by atoms with Crippen molar-refractivity contribution in [1.82, 2.24) is 10.2 Å². The van der Waals surface area contributed by atoms with E-state index < -0.39 is 11.6 Å². The van der Waals surface area contributed by atoms with Gasteiger partial charge in [0.25, 0.3) is 5.91 Å². The first-order valence-corrected chi connectivity index (χ1v) is 8.57. The van der Waals surface area contributed by atoms with Gasteiger partial charge in [0, 0.05) is 24.0 Å². The Labute approximate surface area is 154 Å². The van der Waals surface area contributed by atoms with Crippen LogP contribution in [0.4, 0.5) is 26.0 Å². The van der Waals surface area contributed by atoms with E-state index >= 15 is 0 Å². The van der Waals surface area contributed by atoms with Crippen LogP contribution in [-0.4, -0.2) is 22.6 Å². The fourth-order valence-electron chi connectivity index (χ4n) is 3.12. The van der Waals surface area contributed by atoms with Gasteiger partial charge in [-0.25, -0.2) is 8.78 Å². The van der Waals surface area contributed by atoms with Gasteiger partial charge in [0.05, 0.1) is 0 Å². The lowest BCUT2D eigenvalue weighted by molar-refractivity contribution is 0.0979. The predicted molar refractivity (Wildman–Crippen MR) is 98.1 cm³/mol. The first-order chi connectivity index (χ1) is 13.1. The minimum absolute atomic E-state index is 0.214. The highest BCUT2D eigenvalue weighted by Crippen LogP contribution is 2.28. The number of para-hydroxylation sites is 1. The molecule has 1 aliphatic heterocycles. The van der Waals surface area contributed by atoms with Gasteiger partial charge in [-0.3, -0.25) is 4.79 Å². The van der Waals surface area contributed by atoms with Crippen LogP contribution in [0.1, 0.15) is 22.5 Å². The fourth-order valence-corrected chi connectivity index (χ4v) is 3.12. The monoisotopic (exact) mass is 366 g/mol. The summed E-state index contributed by atoms with van der Waals surface area (Å²) in [5.41, 5.74) is 2.61. The van der Waals surface area contributed by atoms with Crippen molar-refractivity contribution in [2.24, 2.45) is 0 Å². The van der Waals surface area contributed by atoms with Crippen LogP contribution in [0, 0.1) is 11.6 Å². The number of hydrogen-bond acceptors (Lipinski definition) is 4. The third-order valence-electron chi connectivity index (χ3n) is 4.43. The molecule has 0 spiro atoms. The molecule has 0 atom stereocenters. The molecule has 0 fully saturated rings. The Kier molecular flexibility index (Phi) is 4.50. The van der Waals surface area contributed by atoms with Gasteiger partial charge in [-0.15, -0.1) is 10.2 Å². The molecule has 4 rings (SSSR count). The molecular formula is C20H16F2N4O. The van der Waals surface area contributed by atoms with Crippen molar-refractivity contribution in [2.75, 3.05) is 16.8 Å². The van der Waals surface area contributed by atoms with Crippen LogP contribution in [0.25, 0.3) is 0 Å². The Balaban J connectivity index is 1.52. The molecule has 0 saturated heterocycles. The normalized spacial score (nSPS) is 13.2. The molecule has 136 valence electrons. The second-order valence-corrected chi connectivity index (χ2v) is 6.25. The number of hydrogen-bond donors (Lipinski definition) is 1. The summed E-state index contributed by atoms with van der Waals surface area (Å²) in [6.45, 7) is 0.631. The maximum Gasteiger partial charge on any atom is 0.278 e. The highest BCUT2D eigenvalue weighted by Gasteiger charge is 2.24. The quantitative estimate of drug-likeness (QED) is 0.758. The predicted octanol–water partition coefficient (Wildman–Crippen LogP) is 4.09. The number of amides is 1. The van der Waals surface area contributed by atoms with E-state index in [9.17, 15) is 13.6 Å². The molecule has 3 aromatic rings. The first kappa shape index (κ1) is 17.1. The van der Waals surface area contributed by atoms with Crippen LogP contribution < -0.4 is 10.2 Å². The van der Waals surface area contributed by atoms with Gasteiger partial charge in [0.1, 0.15) is 0 Å². The van der Waals surface area contributed by atoms with Crippen LogP contribution in [0.15, 0.2) is 54.6 Å². The van der Waals surface area contributed by atoms with E-state index in [0.29, 0.717) is 18.1 Å². The molecule has 1 aromatic heterocycles. The summed E-state index contributed by atoms with van der Waals surface area (Å²) in [5.74, 6) is -1.76. The molecular weight excluding hydrogens is 350 g/mol. The number of aryl methyl sites for hydroxylation is 1. The van der Waals surface area contributed by atoms with Crippen LogP contribution >= 0.6 is 0 Å². The molecule has 7 heteroatoms. The molecule has 0 saturated carbocycles. The molecule has 0 radical (unpaired) electrons. The molecule has 2 aromatic carbocycles. The van der Waals surface area contributed by atoms with Crippen LogP contribution in [0.3, 0.4) is 0 Å². The molecule has 1 amide bonds. The van der Waals surface area contributed by atoms with Crippen molar-refractivity contribution in [3.05, 3.63) is 77.5 Å². The number of carbonyl (C=O) groups excluding carboxylic acids is 1. The average molecular weight is 366 g/mol. The minimum atomic E-state index is -0.955. The SMILES string of the molecule is O=C(c1ccc(Nc2ccc(F)c(F)c2)nn1)N1CCCc2ccccc21. The largest absolute Gasteiger partial charge is 0.339 e. The second kappa shape index (κ2) is 7.11. The fraction of sp³-hybridized carbons (Fsp3) is 0.150. The zero-order valence-corrected chi connectivity index (χ0v) is 14.3. The lowest BCUT2D eigenvalue weighted by Crippen LogP contribution is -2.36. The van der Waals surface area contributed by atoms with Crippen LogP contribution in [0.2, 0.25) is 0 Å². The maximum absolute atomic E-state index is 13.3. The molecule has 27 heavy (non-hydrogen) atoms.